The van der Waals surface area contributed by atoms with E-state index in [1.54, 1.807) is 13.0 Å². The molecule has 0 aromatic rings. The Labute approximate surface area is 102 Å². The molecule has 94 valence electrons. The third-order valence-electron chi connectivity index (χ3n) is 4.21. The molecular weight excluding hydrogens is 216 g/mol. The molecule has 17 heavy (non-hydrogen) atoms. The Morgan fingerprint density at radius 2 is 2.00 bits per heavy atom. The van der Waals surface area contributed by atoms with Crippen molar-refractivity contribution in [2.75, 3.05) is 6.61 Å². The molecule has 0 bridgehead atoms. The predicted octanol–water partition coefficient (Wildman–Crippen LogP) is 1.75. The number of hydrogen-bond donors (Lipinski definition) is 2. The largest absolute Gasteiger partial charge is 0.393 e. The van der Waals surface area contributed by atoms with Gasteiger partial charge in [-0.3, -0.25) is 4.79 Å². The van der Waals surface area contributed by atoms with Crippen LogP contribution < -0.4 is 0 Å². The molecule has 0 aromatic carbocycles. The van der Waals surface area contributed by atoms with Crippen LogP contribution in [0.25, 0.3) is 0 Å². The van der Waals surface area contributed by atoms with Gasteiger partial charge in [0.15, 0.2) is 5.78 Å². The van der Waals surface area contributed by atoms with Gasteiger partial charge < -0.3 is 10.2 Å². The van der Waals surface area contributed by atoms with Gasteiger partial charge >= 0.3 is 0 Å². The lowest BCUT2D eigenvalue weighted by atomic mass is 9.65. The van der Waals surface area contributed by atoms with E-state index in [2.05, 4.69) is 6.92 Å². The van der Waals surface area contributed by atoms with Gasteiger partial charge in [0.05, 0.1) is 6.61 Å². The van der Waals surface area contributed by atoms with Gasteiger partial charge in [-0.1, -0.05) is 13.0 Å². The molecule has 0 saturated carbocycles. The molecule has 2 aliphatic carbocycles. The Morgan fingerprint density at radius 1 is 1.35 bits per heavy atom. The molecule has 3 nitrogen and oxygen atoms in total. The molecule has 0 radical (unpaired) electrons. The van der Waals surface area contributed by atoms with Crippen LogP contribution in [0.2, 0.25) is 0 Å². The average molecular weight is 236 g/mol. The van der Waals surface area contributed by atoms with Gasteiger partial charge in [0.1, 0.15) is 5.60 Å². The molecule has 2 aliphatic rings. The fourth-order valence-electron chi connectivity index (χ4n) is 2.65. The minimum absolute atomic E-state index is 0.0724. The van der Waals surface area contributed by atoms with Crippen LogP contribution in [0.3, 0.4) is 0 Å². The summed E-state index contributed by atoms with van der Waals surface area (Å²) in [5.74, 6) is 0.165. The maximum atomic E-state index is 11.5. The molecule has 0 fully saturated rings. The van der Waals surface area contributed by atoms with E-state index >= 15 is 0 Å². The average Bonchev–Trinajstić information content (AvgIpc) is 2.29. The van der Waals surface area contributed by atoms with Gasteiger partial charge in [0.25, 0.3) is 0 Å². The monoisotopic (exact) mass is 236 g/mol. The number of allylic oxidation sites excluding steroid dienone is 3. The number of fused-ring (bicyclic) bond motifs is 1. The molecule has 0 amide bonds. The zero-order valence-corrected chi connectivity index (χ0v) is 10.5. The van der Waals surface area contributed by atoms with E-state index < -0.39 is 5.60 Å². The SMILES string of the molecule is CC(O)(CO)C1=CC2=CC(=O)CCC2(C)CC1. The number of carbonyl (C=O) groups is 1. The summed E-state index contributed by atoms with van der Waals surface area (Å²) >= 11 is 0. The van der Waals surface area contributed by atoms with E-state index in [0.29, 0.717) is 6.42 Å². The van der Waals surface area contributed by atoms with E-state index in [-0.39, 0.29) is 17.8 Å². The van der Waals surface area contributed by atoms with Crippen LogP contribution in [-0.4, -0.2) is 28.2 Å². The quantitative estimate of drug-likeness (QED) is 0.768. The summed E-state index contributed by atoms with van der Waals surface area (Å²) in [4.78, 5) is 11.5. The molecule has 0 saturated heterocycles. The standard InChI is InChI=1S/C14H20O3/c1-13-5-3-10(14(2,17)9-15)7-11(13)8-12(16)4-6-13/h7-8,15,17H,3-6,9H2,1-2H3. The molecule has 2 atom stereocenters. The second-order valence-corrected chi connectivity index (χ2v) is 5.73. The highest BCUT2D eigenvalue weighted by molar-refractivity contribution is 5.92. The van der Waals surface area contributed by atoms with Crippen molar-refractivity contribution in [3.05, 3.63) is 23.3 Å². The summed E-state index contributed by atoms with van der Waals surface area (Å²) in [6.07, 6.45) is 6.86. The van der Waals surface area contributed by atoms with Crippen molar-refractivity contribution >= 4 is 5.78 Å². The van der Waals surface area contributed by atoms with E-state index in [0.717, 1.165) is 30.4 Å². The molecule has 3 heteroatoms. The highest BCUT2D eigenvalue weighted by Gasteiger charge is 2.38. The zero-order valence-electron chi connectivity index (χ0n) is 10.5. The molecular formula is C14H20O3. The van der Waals surface area contributed by atoms with Crippen molar-refractivity contribution in [3.8, 4) is 0 Å². The Morgan fingerprint density at radius 3 is 2.65 bits per heavy atom. The van der Waals surface area contributed by atoms with Gasteiger partial charge in [-0.15, -0.1) is 0 Å². The fraction of sp³-hybridized carbons (Fsp3) is 0.643. The van der Waals surface area contributed by atoms with Gasteiger partial charge in [-0.2, -0.15) is 0 Å². The van der Waals surface area contributed by atoms with Gasteiger partial charge in [0, 0.05) is 6.42 Å². The lowest BCUT2D eigenvalue weighted by Crippen LogP contribution is -2.36. The first kappa shape index (κ1) is 12.5. The number of aliphatic hydroxyl groups excluding tert-OH is 1. The van der Waals surface area contributed by atoms with E-state index in [1.165, 1.54) is 0 Å². The number of hydrogen-bond acceptors (Lipinski definition) is 3. The Kier molecular flexibility index (Phi) is 3.00. The number of carbonyl (C=O) groups excluding carboxylic acids is 1. The van der Waals surface area contributed by atoms with Crippen LogP contribution >= 0.6 is 0 Å². The van der Waals surface area contributed by atoms with Crippen LogP contribution in [0.5, 0.6) is 0 Å². The van der Waals surface area contributed by atoms with Crippen LogP contribution in [-0.2, 0) is 4.79 Å². The topological polar surface area (TPSA) is 57.5 Å². The smallest absolute Gasteiger partial charge is 0.156 e. The molecule has 2 rings (SSSR count). The summed E-state index contributed by atoms with van der Waals surface area (Å²) in [5, 5.41) is 19.2. The van der Waals surface area contributed by atoms with Crippen molar-refractivity contribution in [3.63, 3.8) is 0 Å². The van der Waals surface area contributed by atoms with Crippen molar-refractivity contribution in [1.82, 2.24) is 0 Å². The van der Waals surface area contributed by atoms with E-state index in [9.17, 15) is 15.0 Å². The second-order valence-electron chi connectivity index (χ2n) is 5.73. The Hall–Kier alpha value is -0.930. The summed E-state index contributed by atoms with van der Waals surface area (Å²) in [6.45, 7) is 3.51. The minimum Gasteiger partial charge on any atom is -0.393 e. The highest BCUT2D eigenvalue weighted by Crippen LogP contribution is 2.46. The van der Waals surface area contributed by atoms with E-state index in [4.69, 9.17) is 0 Å². The van der Waals surface area contributed by atoms with Gasteiger partial charge in [-0.25, -0.2) is 0 Å². The molecule has 0 spiro atoms. The maximum Gasteiger partial charge on any atom is 0.156 e. The summed E-state index contributed by atoms with van der Waals surface area (Å²) in [7, 11) is 0. The van der Waals surface area contributed by atoms with Gasteiger partial charge in [-0.05, 0) is 48.8 Å². The number of ketones is 1. The lowest BCUT2D eigenvalue weighted by molar-refractivity contribution is -0.115. The van der Waals surface area contributed by atoms with E-state index in [1.807, 2.05) is 6.08 Å². The first-order valence-electron chi connectivity index (χ1n) is 6.17. The lowest BCUT2D eigenvalue weighted by Gasteiger charge is -2.40. The molecule has 0 heterocycles. The van der Waals surface area contributed by atoms with Crippen LogP contribution in [0.1, 0.15) is 39.5 Å². The third kappa shape index (κ3) is 2.22. The van der Waals surface area contributed by atoms with Crippen LogP contribution in [0.4, 0.5) is 0 Å². The number of rotatable bonds is 2. The Balaban J connectivity index is 2.37. The summed E-state index contributed by atoms with van der Waals surface area (Å²) < 4.78 is 0. The fourth-order valence-corrected chi connectivity index (χ4v) is 2.65. The van der Waals surface area contributed by atoms with Crippen molar-refractivity contribution in [2.45, 2.75) is 45.1 Å². The van der Waals surface area contributed by atoms with Crippen molar-refractivity contribution < 1.29 is 15.0 Å². The normalized spacial score (nSPS) is 32.4. The summed E-state index contributed by atoms with van der Waals surface area (Å²) in [6, 6.07) is 0. The Bertz CT molecular complexity index is 404. The molecule has 2 N–H and O–H groups in total. The predicted molar refractivity (Wildman–Crippen MR) is 65.5 cm³/mol. The number of aliphatic hydroxyl groups is 2. The van der Waals surface area contributed by atoms with Gasteiger partial charge in [0.2, 0.25) is 0 Å². The summed E-state index contributed by atoms with van der Waals surface area (Å²) in [5.41, 5.74) is 0.758. The maximum absolute atomic E-state index is 11.5. The molecule has 0 aromatic heterocycles. The van der Waals surface area contributed by atoms with Crippen LogP contribution in [0, 0.1) is 5.41 Å². The highest BCUT2D eigenvalue weighted by atomic mass is 16.3. The molecule has 2 unspecified atom stereocenters. The van der Waals surface area contributed by atoms with Crippen molar-refractivity contribution in [2.24, 2.45) is 5.41 Å². The zero-order chi connectivity index (χ0) is 12.7. The minimum atomic E-state index is -1.16. The van der Waals surface area contributed by atoms with Crippen molar-refractivity contribution in [1.29, 1.82) is 0 Å². The molecule has 0 aliphatic heterocycles. The third-order valence-corrected chi connectivity index (χ3v) is 4.21. The second kappa shape index (κ2) is 4.07. The first-order chi connectivity index (χ1) is 7.87. The van der Waals surface area contributed by atoms with Crippen LogP contribution in [0.15, 0.2) is 23.3 Å². The first-order valence-corrected chi connectivity index (χ1v) is 6.17.